The monoisotopic (exact) mass is 362 g/mol. The quantitative estimate of drug-likeness (QED) is 0.661. The number of benzene rings is 1. The largest absolute Gasteiger partial charge is 0.469 e. The van der Waals surface area contributed by atoms with Crippen molar-refractivity contribution in [3.8, 4) is 0 Å². The van der Waals surface area contributed by atoms with Gasteiger partial charge in [-0.2, -0.15) is 0 Å². The van der Waals surface area contributed by atoms with Gasteiger partial charge in [0.05, 0.1) is 13.5 Å². The van der Waals surface area contributed by atoms with Crippen molar-refractivity contribution in [2.45, 2.75) is 53.1 Å². The van der Waals surface area contributed by atoms with Crippen LogP contribution in [-0.2, 0) is 25.7 Å². The number of ether oxygens (including phenoxy) is 1. The van der Waals surface area contributed by atoms with Gasteiger partial charge in [0.2, 0.25) is 11.8 Å². The van der Waals surface area contributed by atoms with Crippen LogP contribution in [0.1, 0.15) is 44.7 Å². The summed E-state index contributed by atoms with van der Waals surface area (Å²) >= 11 is 0. The van der Waals surface area contributed by atoms with Crippen molar-refractivity contribution in [2.75, 3.05) is 7.11 Å². The number of carbonyl (C=O) groups excluding carboxylic acids is 3. The summed E-state index contributed by atoms with van der Waals surface area (Å²) in [6.07, 6.45) is 0.566. The van der Waals surface area contributed by atoms with Gasteiger partial charge in [-0.1, -0.05) is 43.7 Å². The van der Waals surface area contributed by atoms with Crippen LogP contribution in [0.25, 0.3) is 0 Å². The molecule has 0 saturated carbocycles. The van der Waals surface area contributed by atoms with E-state index in [0.717, 1.165) is 11.1 Å². The SMILES string of the molecule is COC(=O)CC(CC(C)C)C(=O)NC(C)C(=O)NCc1ccc(C)cc1. The van der Waals surface area contributed by atoms with Crippen molar-refractivity contribution in [1.29, 1.82) is 0 Å². The number of esters is 1. The van der Waals surface area contributed by atoms with E-state index in [-0.39, 0.29) is 24.2 Å². The maximum absolute atomic E-state index is 12.5. The van der Waals surface area contributed by atoms with Crippen LogP contribution < -0.4 is 10.6 Å². The van der Waals surface area contributed by atoms with Gasteiger partial charge in [-0.25, -0.2) is 0 Å². The highest BCUT2D eigenvalue weighted by Gasteiger charge is 2.26. The Bertz CT molecular complexity index is 611. The van der Waals surface area contributed by atoms with Gasteiger partial charge >= 0.3 is 5.97 Å². The Morgan fingerprint density at radius 1 is 1.04 bits per heavy atom. The smallest absolute Gasteiger partial charge is 0.306 e. The van der Waals surface area contributed by atoms with E-state index in [1.807, 2.05) is 45.0 Å². The molecule has 2 amide bonds. The molecule has 6 heteroatoms. The highest BCUT2D eigenvalue weighted by atomic mass is 16.5. The van der Waals surface area contributed by atoms with Crippen LogP contribution in [-0.4, -0.2) is 30.9 Å². The number of hydrogen-bond donors (Lipinski definition) is 2. The maximum atomic E-state index is 12.5. The molecular weight excluding hydrogens is 332 g/mol. The van der Waals surface area contributed by atoms with E-state index in [1.165, 1.54) is 7.11 Å². The Labute approximate surface area is 155 Å². The fourth-order valence-corrected chi connectivity index (χ4v) is 2.58. The van der Waals surface area contributed by atoms with Gasteiger partial charge in [-0.05, 0) is 31.7 Å². The summed E-state index contributed by atoms with van der Waals surface area (Å²) in [4.78, 5) is 36.2. The fourth-order valence-electron chi connectivity index (χ4n) is 2.58. The lowest BCUT2D eigenvalue weighted by Gasteiger charge is -2.20. The molecule has 6 nitrogen and oxygen atoms in total. The van der Waals surface area contributed by atoms with E-state index in [4.69, 9.17) is 0 Å². The second-order valence-electron chi connectivity index (χ2n) is 7.04. The molecule has 2 N–H and O–H groups in total. The summed E-state index contributed by atoms with van der Waals surface area (Å²) in [6.45, 7) is 8.00. The van der Waals surface area contributed by atoms with Crippen molar-refractivity contribution in [3.63, 3.8) is 0 Å². The second-order valence-corrected chi connectivity index (χ2v) is 7.04. The highest BCUT2D eigenvalue weighted by Crippen LogP contribution is 2.16. The average molecular weight is 362 g/mol. The van der Waals surface area contributed by atoms with Crippen LogP contribution in [0.3, 0.4) is 0 Å². The number of carbonyl (C=O) groups is 3. The molecule has 1 aromatic rings. The number of methoxy groups -OCH3 is 1. The summed E-state index contributed by atoms with van der Waals surface area (Å²) in [5.74, 6) is -1.25. The summed E-state index contributed by atoms with van der Waals surface area (Å²) in [7, 11) is 1.30. The lowest BCUT2D eigenvalue weighted by atomic mass is 9.93. The second kappa shape index (κ2) is 10.6. The number of rotatable bonds is 9. The predicted molar refractivity (Wildman–Crippen MR) is 100 cm³/mol. The van der Waals surface area contributed by atoms with Crippen molar-refractivity contribution in [2.24, 2.45) is 11.8 Å². The number of nitrogens with one attached hydrogen (secondary N) is 2. The van der Waals surface area contributed by atoms with Gasteiger partial charge < -0.3 is 15.4 Å². The summed E-state index contributed by atoms with van der Waals surface area (Å²) in [6, 6.07) is 7.19. The molecule has 2 atom stereocenters. The van der Waals surface area contributed by atoms with Gasteiger partial charge in [-0.15, -0.1) is 0 Å². The molecule has 0 aromatic heterocycles. The number of amides is 2. The zero-order chi connectivity index (χ0) is 19.7. The first-order chi connectivity index (χ1) is 12.2. The lowest BCUT2D eigenvalue weighted by Crippen LogP contribution is -2.47. The summed E-state index contributed by atoms with van der Waals surface area (Å²) < 4.78 is 4.66. The first-order valence-electron chi connectivity index (χ1n) is 8.93. The molecular formula is C20H30N2O4. The van der Waals surface area contributed by atoms with E-state index in [1.54, 1.807) is 6.92 Å². The van der Waals surface area contributed by atoms with Crippen LogP contribution >= 0.6 is 0 Å². The zero-order valence-electron chi connectivity index (χ0n) is 16.3. The van der Waals surface area contributed by atoms with E-state index < -0.39 is 17.9 Å². The number of hydrogen-bond acceptors (Lipinski definition) is 4. The van der Waals surface area contributed by atoms with Gasteiger partial charge in [0, 0.05) is 12.5 Å². The molecule has 26 heavy (non-hydrogen) atoms. The number of aryl methyl sites for hydroxylation is 1. The van der Waals surface area contributed by atoms with E-state index in [0.29, 0.717) is 13.0 Å². The Morgan fingerprint density at radius 2 is 1.65 bits per heavy atom. The molecule has 0 spiro atoms. The van der Waals surface area contributed by atoms with Crippen molar-refractivity contribution >= 4 is 17.8 Å². The molecule has 0 aliphatic carbocycles. The van der Waals surface area contributed by atoms with Crippen LogP contribution in [0.2, 0.25) is 0 Å². The Hall–Kier alpha value is -2.37. The molecule has 2 unspecified atom stereocenters. The van der Waals surface area contributed by atoms with E-state index in [2.05, 4.69) is 15.4 Å². The van der Waals surface area contributed by atoms with Gasteiger partial charge in [-0.3, -0.25) is 14.4 Å². The fraction of sp³-hybridized carbons (Fsp3) is 0.550. The average Bonchev–Trinajstić information content (AvgIpc) is 2.59. The Balaban J connectivity index is 2.56. The molecule has 0 saturated heterocycles. The summed E-state index contributed by atoms with van der Waals surface area (Å²) in [5.41, 5.74) is 2.15. The predicted octanol–water partition coefficient (Wildman–Crippen LogP) is 2.34. The van der Waals surface area contributed by atoms with E-state index >= 15 is 0 Å². The van der Waals surface area contributed by atoms with Crippen LogP contribution in [0.15, 0.2) is 24.3 Å². The Morgan fingerprint density at radius 3 is 2.19 bits per heavy atom. The van der Waals surface area contributed by atoms with Crippen molar-refractivity contribution < 1.29 is 19.1 Å². The first-order valence-corrected chi connectivity index (χ1v) is 8.93. The molecule has 1 aromatic carbocycles. The van der Waals surface area contributed by atoms with Crippen LogP contribution in [0.4, 0.5) is 0 Å². The molecule has 0 radical (unpaired) electrons. The normalized spacial score (nSPS) is 13.0. The standard InChI is InChI=1S/C20H30N2O4/c1-13(2)10-17(11-18(23)26-5)20(25)22-15(4)19(24)21-12-16-8-6-14(3)7-9-16/h6-9,13,15,17H,10-12H2,1-5H3,(H,21,24)(H,22,25). The third-order valence-electron chi connectivity index (χ3n) is 4.11. The van der Waals surface area contributed by atoms with Gasteiger partial charge in [0.15, 0.2) is 0 Å². The molecule has 0 bridgehead atoms. The minimum Gasteiger partial charge on any atom is -0.469 e. The molecule has 0 aliphatic heterocycles. The lowest BCUT2D eigenvalue weighted by molar-refractivity contribution is -0.144. The molecule has 144 valence electrons. The Kier molecular flexibility index (Phi) is 8.82. The van der Waals surface area contributed by atoms with Gasteiger partial charge in [0.25, 0.3) is 0 Å². The topological polar surface area (TPSA) is 84.5 Å². The highest BCUT2D eigenvalue weighted by molar-refractivity contribution is 5.89. The third-order valence-corrected chi connectivity index (χ3v) is 4.11. The van der Waals surface area contributed by atoms with Crippen LogP contribution in [0.5, 0.6) is 0 Å². The van der Waals surface area contributed by atoms with Crippen molar-refractivity contribution in [1.82, 2.24) is 10.6 Å². The molecule has 1 rings (SSSR count). The van der Waals surface area contributed by atoms with Gasteiger partial charge in [0.1, 0.15) is 6.04 Å². The maximum Gasteiger partial charge on any atom is 0.306 e. The first kappa shape index (κ1) is 21.7. The van der Waals surface area contributed by atoms with Crippen LogP contribution in [0, 0.1) is 18.8 Å². The zero-order valence-corrected chi connectivity index (χ0v) is 16.3. The molecule has 0 fully saturated rings. The minimum absolute atomic E-state index is 0.0121. The molecule has 0 heterocycles. The molecule has 0 aliphatic rings. The third kappa shape index (κ3) is 7.68. The summed E-state index contributed by atoms with van der Waals surface area (Å²) in [5, 5.41) is 5.51. The van der Waals surface area contributed by atoms with Crippen molar-refractivity contribution in [3.05, 3.63) is 35.4 Å². The van der Waals surface area contributed by atoms with E-state index in [9.17, 15) is 14.4 Å². The minimum atomic E-state index is -0.680.